The van der Waals surface area contributed by atoms with Gasteiger partial charge < -0.3 is 5.32 Å². The van der Waals surface area contributed by atoms with Crippen LogP contribution in [0, 0.1) is 23.7 Å². The van der Waals surface area contributed by atoms with Crippen molar-refractivity contribution in [1.82, 2.24) is 5.32 Å². The Morgan fingerprint density at radius 2 is 1.71 bits per heavy atom. The number of piperidine rings is 1. The molecule has 0 aromatic heterocycles. The predicted molar refractivity (Wildman–Crippen MR) is 75.1 cm³/mol. The summed E-state index contributed by atoms with van der Waals surface area (Å²) in [5.74, 6) is 3.93. The highest BCUT2D eigenvalue weighted by molar-refractivity contribution is 4.84. The summed E-state index contributed by atoms with van der Waals surface area (Å²) in [5, 5.41) is 3.62. The fourth-order valence-electron chi connectivity index (χ4n) is 4.17. The van der Waals surface area contributed by atoms with Crippen LogP contribution in [0.4, 0.5) is 0 Å². The molecular weight excluding hydrogens is 206 g/mol. The standard InChI is InChI=1S/C16H31N/c1-13(2)11-15-12-17-10-9-16(15)14-7-5-3-4-6-8-14/h13-17H,3-12H2,1-2H3. The van der Waals surface area contributed by atoms with Crippen LogP contribution in [0.15, 0.2) is 0 Å². The van der Waals surface area contributed by atoms with Crippen LogP contribution in [-0.4, -0.2) is 13.1 Å². The van der Waals surface area contributed by atoms with Gasteiger partial charge in [-0.15, -0.1) is 0 Å². The third-order valence-corrected chi connectivity index (χ3v) is 4.95. The molecule has 1 heteroatoms. The Hall–Kier alpha value is -0.0400. The molecule has 1 heterocycles. The molecule has 1 aliphatic heterocycles. The lowest BCUT2D eigenvalue weighted by Gasteiger charge is -2.38. The molecule has 0 bridgehead atoms. The number of nitrogens with one attached hydrogen (secondary N) is 1. The van der Waals surface area contributed by atoms with Crippen LogP contribution in [0.5, 0.6) is 0 Å². The molecule has 2 rings (SSSR count). The first kappa shape index (κ1) is 13.4. The average molecular weight is 237 g/mol. The molecule has 2 unspecified atom stereocenters. The fraction of sp³-hybridized carbons (Fsp3) is 1.00. The van der Waals surface area contributed by atoms with Crippen LogP contribution < -0.4 is 5.32 Å². The Morgan fingerprint density at radius 1 is 1.00 bits per heavy atom. The van der Waals surface area contributed by atoms with E-state index < -0.39 is 0 Å². The summed E-state index contributed by atoms with van der Waals surface area (Å²) in [6.45, 7) is 7.34. The number of rotatable bonds is 3. The van der Waals surface area contributed by atoms with Gasteiger partial charge in [-0.05, 0) is 49.6 Å². The molecule has 1 nitrogen and oxygen atoms in total. The first-order valence-corrected chi connectivity index (χ1v) is 7.98. The van der Waals surface area contributed by atoms with Crippen molar-refractivity contribution in [3.8, 4) is 0 Å². The van der Waals surface area contributed by atoms with Gasteiger partial charge in [0.05, 0.1) is 0 Å². The zero-order chi connectivity index (χ0) is 12.1. The quantitative estimate of drug-likeness (QED) is 0.724. The SMILES string of the molecule is CC(C)CC1CNCCC1C1CCCCCC1. The van der Waals surface area contributed by atoms with Gasteiger partial charge in [-0.1, -0.05) is 52.4 Å². The Labute approximate surface area is 108 Å². The van der Waals surface area contributed by atoms with Crippen molar-refractivity contribution in [2.45, 2.75) is 65.2 Å². The van der Waals surface area contributed by atoms with Gasteiger partial charge >= 0.3 is 0 Å². The lowest BCUT2D eigenvalue weighted by Crippen LogP contribution is -2.40. The number of hydrogen-bond acceptors (Lipinski definition) is 1. The van der Waals surface area contributed by atoms with Crippen LogP contribution in [-0.2, 0) is 0 Å². The third kappa shape index (κ3) is 3.98. The van der Waals surface area contributed by atoms with E-state index in [9.17, 15) is 0 Å². The van der Waals surface area contributed by atoms with Crippen LogP contribution >= 0.6 is 0 Å². The second-order valence-corrected chi connectivity index (χ2v) is 6.80. The van der Waals surface area contributed by atoms with Crippen LogP contribution in [0.3, 0.4) is 0 Å². The van der Waals surface area contributed by atoms with E-state index in [2.05, 4.69) is 19.2 Å². The molecule has 0 spiro atoms. The normalized spacial score (nSPS) is 32.6. The van der Waals surface area contributed by atoms with Crippen molar-refractivity contribution >= 4 is 0 Å². The van der Waals surface area contributed by atoms with Gasteiger partial charge in [-0.3, -0.25) is 0 Å². The molecule has 1 saturated carbocycles. The summed E-state index contributed by atoms with van der Waals surface area (Å²) in [6.07, 6.45) is 11.9. The summed E-state index contributed by atoms with van der Waals surface area (Å²) >= 11 is 0. The van der Waals surface area contributed by atoms with E-state index in [0.29, 0.717) is 0 Å². The van der Waals surface area contributed by atoms with Gasteiger partial charge in [0, 0.05) is 0 Å². The van der Waals surface area contributed by atoms with Gasteiger partial charge in [0.15, 0.2) is 0 Å². The second-order valence-electron chi connectivity index (χ2n) is 6.80. The molecule has 1 saturated heterocycles. The monoisotopic (exact) mass is 237 g/mol. The third-order valence-electron chi connectivity index (χ3n) is 4.95. The Balaban J connectivity index is 1.93. The van der Waals surface area contributed by atoms with E-state index in [-0.39, 0.29) is 0 Å². The van der Waals surface area contributed by atoms with Crippen molar-refractivity contribution in [1.29, 1.82) is 0 Å². The molecule has 0 aromatic rings. The Morgan fingerprint density at radius 3 is 2.35 bits per heavy atom. The molecule has 2 atom stereocenters. The van der Waals surface area contributed by atoms with Crippen molar-refractivity contribution in [2.24, 2.45) is 23.7 Å². The Kier molecular flexibility index (Phi) is 5.34. The van der Waals surface area contributed by atoms with Gasteiger partial charge in [0.2, 0.25) is 0 Å². The minimum Gasteiger partial charge on any atom is -0.316 e. The molecule has 0 aromatic carbocycles. The highest BCUT2D eigenvalue weighted by Gasteiger charge is 2.31. The molecule has 1 N–H and O–H groups in total. The first-order valence-electron chi connectivity index (χ1n) is 7.98. The molecular formula is C16H31N. The maximum absolute atomic E-state index is 3.62. The van der Waals surface area contributed by atoms with Gasteiger partial charge in [0.25, 0.3) is 0 Å². The number of hydrogen-bond donors (Lipinski definition) is 1. The molecule has 2 aliphatic rings. The second kappa shape index (κ2) is 6.78. The van der Waals surface area contributed by atoms with Crippen molar-refractivity contribution in [2.75, 3.05) is 13.1 Å². The van der Waals surface area contributed by atoms with Crippen molar-refractivity contribution < 1.29 is 0 Å². The maximum Gasteiger partial charge on any atom is -0.00177 e. The van der Waals surface area contributed by atoms with E-state index in [1.807, 2.05) is 0 Å². The van der Waals surface area contributed by atoms with Crippen LogP contribution in [0.25, 0.3) is 0 Å². The Bertz CT molecular complexity index is 202. The minimum absolute atomic E-state index is 0.869. The van der Waals surface area contributed by atoms with Crippen molar-refractivity contribution in [3.05, 3.63) is 0 Å². The maximum atomic E-state index is 3.62. The first-order chi connectivity index (χ1) is 8.27. The molecule has 1 aliphatic carbocycles. The summed E-state index contributed by atoms with van der Waals surface area (Å²) in [7, 11) is 0. The zero-order valence-corrected chi connectivity index (χ0v) is 11.9. The van der Waals surface area contributed by atoms with Crippen LogP contribution in [0.1, 0.15) is 65.2 Å². The topological polar surface area (TPSA) is 12.0 Å². The molecule has 2 fully saturated rings. The largest absolute Gasteiger partial charge is 0.316 e. The van der Waals surface area contributed by atoms with Crippen molar-refractivity contribution in [3.63, 3.8) is 0 Å². The molecule has 100 valence electrons. The van der Waals surface area contributed by atoms with E-state index in [0.717, 1.165) is 23.7 Å². The van der Waals surface area contributed by atoms with Crippen LogP contribution in [0.2, 0.25) is 0 Å². The summed E-state index contributed by atoms with van der Waals surface area (Å²) in [4.78, 5) is 0. The smallest absolute Gasteiger partial charge is 0.00177 e. The molecule has 0 amide bonds. The fourth-order valence-corrected chi connectivity index (χ4v) is 4.17. The summed E-state index contributed by atoms with van der Waals surface area (Å²) in [5.41, 5.74) is 0. The average Bonchev–Trinajstić information content (AvgIpc) is 2.57. The highest BCUT2D eigenvalue weighted by atomic mass is 14.9. The highest BCUT2D eigenvalue weighted by Crippen LogP contribution is 2.38. The van der Waals surface area contributed by atoms with Gasteiger partial charge in [-0.2, -0.15) is 0 Å². The minimum atomic E-state index is 0.869. The zero-order valence-electron chi connectivity index (χ0n) is 11.9. The summed E-state index contributed by atoms with van der Waals surface area (Å²) < 4.78 is 0. The van der Waals surface area contributed by atoms with E-state index >= 15 is 0 Å². The lowest BCUT2D eigenvalue weighted by atomic mass is 9.71. The van der Waals surface area contributed by atoms with Gasteiger partial charge in [-0.25, -0.2) is 0 Å². The molecule has 0 radical (unpaired) electrons. The van der Waals surface area contributed by atoms with E-state index in [1.165, 1.54) is 64.5 Å². The summed E-state index contributed by atoms with van der Waals surface area (Å²) in [6, 6.07) is 0. The lowest BCUT2D eigenvalue weighted by molar-refractivity contribution is 0.140. The predicted octanol–water partition coefficient (Wildman–Crippen LogP) is 4.23. The van der Waals surface area contributed by atoms with Gasteiger partial charge in [0.1, 0.15) is 0 Å². The van der Waals surface area contributed by atoms with E-state index in [4.69, 9.17) is 0 Å². The van der Waals surface area contributed by atoms with E-state index in [1.54, 1.807) is 0 Å². The molecule has 17 heavy (non-hydrogen) atoms.